The summed E-state index contributed by atoms with van der Waals surface area (Å²) in [5, 5.41) is 9.00. The first-order valence-corrected chi connectivity index (χ1v) is 9.78. The van der Waals surface area contributed by atoms with Crippen LogP contribution in [-0.2, 0) is 9.53 Å². The number of carbonyl (C=O) groups excluding carboxylic acids is 2. The van der Waals surface area contributed by atoms with Crippen LogP contribution in [-0.4, -0.2) is 38.2 Å². The molecule has 0 aliphatic heterocycles. The van der Waals surface area contributed by atoms with Gasteiger partial charge in [0.05, 0.1) is 36.3 Å². The molecule has 0 aromatic heterocycles. The van der Waals surface area contributed by atoms with Crippen molar-refractivity contribution in [1.29, 1.82) is 5.26 Å². The van der Waals surface area contributed by atoms with Crippen LogP contribution in [0.3, 0.4) is 0 Å². The van der Waals surface area contributed by atoms with Gasteiger partial charge in [-0.25, -0.2) is 9.18 Å². The maximum atomic E-state index is 13.2. The Morgan fingerprint density at radius 2 is 1.90 bits per heavy atom. The molecule has 0 aliphatic carbocycles. The lowest BCUT2D eigenvalue weighted by Gasteiger charge is -2.21. The molecular weight excluding hydrogens is 427 g/mol. The molecule has 0 saturated heterocycles. The van der Waals surface area contributed by atoms with Gasteiger partial charge in [-0.2, -0.15) is 5.26 Å². The van der Waals surface area contributed by atoms with Gasteiger partial charge >= 0.3 is 5.97 Å². The first kappa shape index (κ1) is 24.0. The van der Waals surface area contributed by atoms with E-state index in [9.17, 15) is 14.0 Å². The molecule has 0 aliphatic rings. The van der Waals surface area contributed by atoms with Crippen molar-refractivity contribution in [2.45, 2.75) is 26.4 Å². The van der Waals surface area contributed by atoms with Crippen molar-refractivity contribution in [3.63, 3.8) is 0 Å². The first-order valence-electron chi connectivity index (χ1n) is 9.41. The molecule has 2 aromatic rings. The third-order valence-electron chi connectivity index (χ3n) is 4.03. The fourth-order valence-electron chi connectivity index (χ4n) is 2.66. The van der Waals surface area contributed by atoms with Gasteiger partial charge in [-0.15, -0.1) is 0 Å². The number of nitriles is 1. The Morgan fingerprint density at radius 3 is 2.48 bits per heavy atom. The van der Waals surface area contributed by atoms with E-state index in [1.807, 2.05) is 19.9 Å². The van der Waals surface area contributed by atoms with Gasteiger partial charge in [0.15, 0.2) is 18.1 Å². The highest BCUT2D eigenvalue weighted by Gasteiger charge is 2.21. The lowest BCUT2D eigenvalue weighted by molar-refractivity contribution is -0.121. The summed E-state index contributed by atoms with van der Waals surface area (Å²) in [5.74, 6) is -1.26. The van der Waals surface area contributed by atoms with Gasteiger partial charge in [0, 0.05) is 12.2 Å². The van der Waals surface area contributed by atoms with E-state index in [2.05, 4.69) is 0 Å². The van der Waals surface area contributed by atoms with Crippen LogP contribution >= 0.6 is 11.6 Å². The normalized spacial score (nSPS) is 10.4. The van der Waals surface area contributed by atoms with Crippen molar-refractivity contribution in [3.8, 4) is 17.6 Å². The van der Waals surface area contributed by atoms with Crippen molar-refractivity contribution < 1.29 is 28.2 Å². The molecule has 0 atom stereocenters. The van der Waals surface area contributed by atoms with Crippen molar-refractivity contribution in [2.24, 2.45) is 0 Å². The first-order chi connectivity index (χ1) is 14.8. The smallest absolute Gasteiger partial charge is 0.338 e. The molecule has 9 heteroatoms. The number of esters is 1. The Labute approximate surface area is 184 Å². The summed E-state index contributed by atoms with van der Waals surface area (Å²) < 4.78 is 29.2. The second kappa shape index (κ2) is 11.2. The average Bonchev–Trinajstić information content (AvgIpc) is 2.74. The Bertz CT molecular complexity index is 973. The average molecular weight is 449 g/mol. The Kier molecular flexibility index (Phi) is 8.64. The molecule has 0 N–H and O–H groups in total. The van der Waals surface area contributed by atoms with Crippen LogP contribution in [0, 0.1) is 17.1 Å². The molecule has 0 bridgehead atoms. The highest BCUT2D eigenvalue weighted by atomic mass is 35.5. The summed E-state index contributed by atoms with van der Waals surface area (Å²) >= 11 is 6.22. The van der Waals surface area contributed by atoms with Crippen LogP contribution in [0.1, 0.15) is 30.6 Å². The third-order valence-corrected chi connectivity index (χ3v) is 4.31. The number of methoxy groups -OCH3 is 1. The number of amides is 1. The molecule has 0 fully saturated rings. The fourth-order valence-corrected chi connectivity index (χ4v) is 2.91. The van der Waals surface area contributed by atoms with Gasteiger partial charge < -0.3 is 19.1 Å². The largest absolute Gasteiger partial charge is 0.493 e. The van der Waals surface area contributed by atoms with Gasteiger partial charge in [0.2, 0.25) is 0 Å². The lowest BCUT2D eigenvalue weighted by Crippen LogP contribution is -2.35. The molecule has 0 heterocycles. The van der Waals surface area contributed by atoms with E-state index >= 15 is 0 Å². The molecule has 164 valence electrons. The van der Waals surface area contributed by atoms with Crippen molar-refractivity contribution >= 4 is 29.2 Å². The summed E-state index contributed by atoms with van der Waals surface area (Å²) in [6.45, 7) is 3.14. The fraction of sp³-hybridized carbons (Fsp3) is 0.318. The number of hydrogen-bond acceptors (Lipinski definition) is 6. The second-order valence-electron chi connectivity index (χ2n) is 6.66. The zero-order valence-corrected chi connectivity index (χ0v) is 18.1. The highest BCUT2D eigenvalue weighted by molar-refractivity contribution is 6.32. The van der Waals surface area contributed by atoms with E-state index in [1.165, 1.54) is 48.4 Å². The number of halogens is 2. The maximum Gasteiger partial charge on any atom is 0.338 e. The van der Waals surface area contributed by atoms with Crippen LogP contribution in [0.15, 0.2) is 36.4 Å². The summed E-state index contributed by atoms with van der Waals surface area (Å²) in [5.41, 5.74) is 0.466. The number of anilines is 1. The molecule has 2 aromatic carbocycles. The monoisotopic (exact) mass is 448 g/mol. The quantitative estimate of drug-likeness (QED) is 0.529. The van der Waals surface area contributed by atoms with E-state index in [0.717, 1.165) is 0 Å². The van der Waals surface area contributed by atoms with Gasteiger partial charge in [0.25, 0.3) is 5.91 Å². The van der Waals surface area contributed by atoms with Gasteiger partial charge in [-0.1, -0.05) is 11.6 Å². The standard InChI is InChI=1S/C22H22ClFN2O5/c1-14(2)31-21-18(23)11-15(12-19(21)29-3)22(28)30-13-20(27)26(10-4-9-25)17-7-5-16(24)6-8-17/h5-8,11-12,14H,4,10,13H2,1-3H3. The van der Waals surface area contributed by atoms with Crippen molar-refractivity contribution in [2.75, 3.05) is 25.2 Å². The Balaban J connectivity index is 2.14. The number of ether oxygens (including phenoxy) is 3. The van der Waals surface area contributed by atoms with E-state index < -0.39 is 24.3 Å². The zero-order valence-electron chi connectivity index (χ0n) is 17.4. The summed E-state index contributed by atoms with van der Waals surface area (Å²) in [6.07, 6.45) is -0.103. The summed E-state index contributed by atoms with van der Waals surface area (Å²) in [6, 6.07) is 9.93. The lowest BCUT2D eigenvalue weighted by atomic mass is 10.2. The molecule has 0 radical (unpaired) electrons. The van der Waals surface area contributed by atoms with E-state index in [0.29, 0.717) is 11.4 Å². The number of nitrogens with zero attached hydrogens (tertiary/aromatic N) is 2. The molecule has 31 heavy (non-hydrogen) atoms. The van der Waals surface area contributed by atoms with Crippen molar-refractivity contribution in [1.82, 2.24) is 0 Å². The maximum absolute atomic E-state index is 13.2. The van der Waals surface area contributed by atoms with Crippen LogP contribution in [0.25, 0.3) is 0 Å². The SMILES string of the molecule is COc1cc(C(=O)OCC(=O)N(CCC#N)c2ccc(F)cc2)cc(Cl)c1OC(C)C. The number of carbonyl (C=O) groups is 2. The van der Waals surface area contributed by atoms with Gasteiger partial charge in [-0.05, 0) is 50.2 Å². The van der Waals surface area contributed by atoms with E-state index in [1.54, 1.807) is 0 Å². The Morgan fingerprint density at radius 1 is 1.23 bits per heavy atom. The van der Waals surface area contributed by atoms with Crippen LogP contribution in [0.5, 0.6) is 11.5 Å². The molecule has 7 nitrogen and oxygen atoms in total. The minimum Gasteiger partial charge on any atom is -0.493 e. The molecule has 0 unspecified atom stereocenters. The summed E-state index contributed by atoms with van der Waals surface area (Å²) in [4.78, 5) is 26.3. The predicted octanol–water partition coefficient (Wildman–Crippen LogP) is 4.38. The van der Waals surface area contributed by atoms with E-state index in [-0.39, 0.29) is 35.4 Å². The van der Waals surface area contributed by atoms with Gasteiger partial charge in [0.1, 0.15) is 5.82 Å². The number of benzene rings is 2. The third kappa shape index (κ3) is 6.59. The molecule has 0 saturated carbocycles. The van der Waals surface area contributed by atoms with Crippen molar-refractivity contribution in [3.05, 3.63) is 52.8 Å². The number of hydrogen-bond donors (Lipinski definition) is 0. The van der Waals surface area contributed by atoms with Crippen LogP contribution in [0.4, 0.5) is 10.1 Å². The highest BCUT2D eigenvalue weighted by Crippen LogP contribution is 2.37. The predicted molar refractivity (Wildman–Crippen MR) is 113 cm³/mol. The minimum absolute atomic E-state index is 0.0567. The minimum atomic E-state index is -0.788. The Hall–Kier alpha value is -3.31. The van der Waals surface area contributed by atoms with E-state index in [4.69, 9.17) is 31.1 Å². The number of rotatable bonds is 9. The van der Waals surface area contributed by atoms with Crippen LogP contribution < -0.4 is 14.4 Å². The second-order valence-corrected chi connectivity index (χ2v) is 7.07. The molecule has 0 spiro atoms. The topological polar surface area (TPSA) is 88.9 Å². The molecule has 1 amide bonds. The molecule has 2 rings (SSSR count). The molecular formula is C22H22ClFN2O5. The van der Waals surface area contributed by atoms with Crippen LogP contribution in [0.2, 0.25) is 5.02 Å². The summed E-state index contributed by atoms with van der Waals surface area (Å²) in [7, 11) is 1.41. The zero-order chi connectivity index (χ0) is 23.0. The van der Waals surface area contributed by atoms with Gasteiger partial charge in [-0.3, -0.25) is 4.79 Å².